The molecule has 0 unspecified atom stereocenters. The number of fused-ring (bicyclic) bond motifs is 1. The van der Waals surface area contributed by atoms with Gasteiger partial charge in [-0.05, 0) is 56.5 Å². The molecule has 5 heteroatoms. The summed E-state index contributed by atoms with van der Waals surface area (Å²) < 4.78 is 11.4. The van der Waals surface area contributed by atoms with Crippen LogP contribution in [0.3, 0.4) is 0 Å². The SMILES string of the molecule is O=C(OC[C@@H]1CCCN2CCCC[C@H]12)c1ccc(CSCc2ccccc2)o1. The maximum absolute atomic E-state index is 12.4. The first-order valence-corrected chi connectivity index (χ1v) is 11.6. The monoisotopic (exact) mass is 399 g/mol. The first-order valence-electron chi connectivity index (χ1n) is 10.4. The van der Waals surface area contributed by atoms with E-state index < -0.39 is 0 Å². The topological polar surface area (TPSA) is 42.7 Å². The standard InChI is InChI=1S/C23H29NO3S/c25-23(26-15-19-9-6-14-24-13-5-4-10-21(19)24)22-12-11-20(27-22)17-28-16-18-7-2-1-3-8-18/h1-3,7-8,11-12,19,21H,4-6,9-10,13-17H2/t19-,21+/m0/s1. The molecule has 2 aromatic rings. The second kappa shape index (κ2) is 9.66. The van der Waals surface area contributed by atoms with E-state index in [0.29, 0.717) is 24.3 Å². The number of carbonyl (C=O) groups excluding carboxylic acids is 1. The Labute approximate surface area is 171 Å². The van der Waals surface area contributed by atoms with E-state index in [0.717, 1.165) is 23.7 Å². The number of hydrogen-bond donors (Lipinski definition) is 0. The zero-order valence-corrected chi connectivity index (χ0v) is 17.2. The van der Waals surface area contributed by atoms with Gasteiger partial charge >= 0.3 is 5.97 Å². The molecule has 0 amide bonds. The van der Waals surface area contributed by atoms with Gasteiger partial charge in [0.1, 0.15) is 5.76 Å². The van der Waals surface area contributed by atoms with Crippen LogP contribution in [0.5, 0.6) is 0 Å². The van der Waals surface area contributed by atoms with Gasteiger partial charge in [-0.1, -0.05) is 36.8 Å². The van der Waals surface area contributed by atoms with Crippen molar-refractivity contribution in [2.24, 2.45) is 5.92 Å². The summed E-state index contributed by atoms with van der Waals surface area (Å²) in [5.41, 5.74) is 1.29. The largest absolute Gasteiger partial charge is 0.459 e. The summed E-state index contributed by atoms with van der Waals surface area (Å²) in [6.07, 6.45) is 6.22. The zero-order chi connectivity index (χ0) is 19.2. The van der Waals surface area contributed by atoms with Crippen molar-refractivity contribution in [3.05, 3.63) is 59.5 Å². The lowest BCUT2D eigenvalue weighted by molar-refractivity contribution is 0.00545. The molecule has 0 bridgehead atoms. The minimum absolute atomic E-state index is 0.326. The van der Waals surface area contributed by atoms with Crippen molar-refractivity contribution in [1.82, 2.24) is 4.90 Å². The Hall–Kier alpha value is -1.72. The Morgan fingerprint density at radius 2 is 1.89 bits per heavy atom. The highest BCUT2D eigenvalue weighted by molar-refractivity contribution is 7.97. The molecule has 1 aromatic heterocycles. The molecule has 2 atom stereocenters. The Bertz CT molecular complexity index is 758. The van der Waals surface area contributed by atoms with Crippen molar-refractivity contribution in [2.75, 3.05) is 19.7 Å². The van der Waals surface area contributed by atoms with Gasteiger partial charge in [-0.15, -0.1) is 11.8 Å². The first-order chi connectivity index (χ1) is 13.8. The van der Waals surface area contributed by atoms with Crippen molar-refractivity contribution < 1.29 is 13.9 Å². The van der Waals surface area contributed by atoms with Crippen LogP contribution < -0.4 is 0 Å². The summed E-state index contributed by atoms with van der Waals surface area (Å²) in [5.74, 6) is 2.97. The van der Waals surface area contributed by atoms with E-state index in [1.807, 2.05) is 12.1 Å². The molecule has 0 saturated carbocycles. The van der Waals surface area contributed by atoms with Crippen LogP contribution in [0.2, 0.25) is 0 Å². The van der Waals surface area contributed by atoms with Crippen LogP contribution >= 0.6 is 11.8 Å². The molecule has 2 aliphatic rings. The molecule has 0 radical (unpaired) electrons. The Balaban J connectivity index is 1.24. The summed E-state index contributed by atoms with van der Waals surface area (Å²) in [4.78, 5) is 15.0. The molecule has 2 fully saturated rings. The van der Waals surface area contributed by atoms with Crippen LogP contribution in [0.25, 0.3) is 0 Å². The second-order valence-electron chi connectivity index (χ2n) is 7.84. The van der Waals surface area contributed by atoms with Crippen LogP contribution in [0, 0.1) is 5.92 Å². The summed E-state index contributed by atoms with van der Waals surface area (Å²) in [6, 6.07) is 14.6. The molecular formula is C23H29NO3S. The molecule has 4 rings (SSSR count). The lowest BCUT2D eigenvalue weighted by Crippen LogP contribution is -2.49. The first kappa shape index (κ1) is 19.6. The van der Waals surface area contributed by atoms with E-state index >= 15 is 0 Å². The summed E-state index contributed by atoms with van der Waals surface area (Å²) in [6.45, 7) is 2.92. The Morgan fingerprint density at radius 3 is 2.79 bits per heavy atom. The van der Waals surface area contributed by atoms with Crippen LogP contribution in [-0.4, -0.2) is 36.6 Å². The maximum Gasteiger partial charge on any atom is 0.374 e. The molecule has 0 aliphatic carbocycles. The van der Waals surface area contributed by atoms with Gasteiger partial charge in [0.2, 0.25) is 5.76 Å². The highest BCUT2D eigenvalue weighted by Crippen LogP contribution is 2.31. The number of rotatable bonds is 7. The predicted octanol–water partition coefficient (Wildman–Crippen LogP) is 5.13. The van der Waals surface area contributed by atoms with Crippen molar-refractivity contribution in [1.29, 1.82) is 0 Å². The molecule has 4 nitrogen and oxygen atoms in total. The zero-order valence-electron chi connectivity index (χ0n) is 16.3. The van der Waals surface area contributed by atoms with Crippen LogP contribution in [-0.2, 0) is 16.2 Å². The van der Waals surface area contributed by atoms with E-state index in [1.54, 1.807) is 17.8 Å². The third kappa shape index (κ3) is 5.00. The molecule has 3 heterocycles. The van der Waals surface area contributed by atoms with Crippen LogP contribution in [0.4, 0.5) is 0 Å². The van der Waals surface area contributed by atoms with E-state index in [9.17, 15) is 4.79 Å². The average Bonchev–Trinajstić information content (AvgIpc) is 3.22. The van der Waals surface area contributed by atoms with Gasteiger partial charge in [-0.2, -0.15) is 0 Å². The van der Waals surface area contributed by atoms with Crippen molar-refractivity contribution >= 4 is 17.7 Å². The number of thioether (sulfide) groups is 1. The quantitative estimate of drug-likeness (QED) is 0.604. The molecule has 28 heavy (non-hydrogen) atoms. The normalized spacial score (nSPS) is 22.6. The highest BCUT2D eigenvalue weighted by Gasteiger charge is 2.33. The smallest absolute Gasteiger partial charge is 0.374 e. The number of nitrogens with zero attached hydrogens (tertiary/aromatic N) is 1. The summed E-state index contributed by atoms with van der Waals surface area (Å²) in [7, 11) is 0. The summed E-state index contributed by atoms with van der Waals surface area (Å²) >= 11 is 1.78. The van der Waals surface area contributed by atoms with Crippen molar-refractivity contribution in [3.63, 3.8) is 0 Å². The third-order valence-electron chi connectivity index (χ3n) is 5.88. The van der Waals surface area contributed by atoms with Gasteiger partial charge in [0.15, 0.2) is 0 Å². The highest BCUT2D eigenvalue weighted by atomic mass is 32.2. The van der Waals surface area contributed by atoms with Gasteiger partial charge in [-0.25, -0.2) is 4.79 Å². The second-order valence-corrected chi connectivity index (χ2v) is 8.83. The predicted molar refractivity (Wildman–Crippen MR) is 112 cm³/mol. The molecule has 1 aromatic carbocycles. The lowest BCUT2D eigenvalue weighted by Gasteiger charge is -2.44. The fraction of sp³-hybridized carbons (Fsp3) is 0.522. The maximum atomic E-state index is 12.4. The number of esters is 1. The number of carbonyl (C=O) groups is 1. The fourth-order valence-corrected chi connectivity index (χ4v) is 5.32. The molecule has 2 aliphatic heterocycles. The summed E-state index contributed by atoms with van der Waals surface area (Å²) in [5, 5.41) is 0. The van der Waals surface area contributed by atoms with E-state index in [1.165, 1.54) is 44.3 Å². The average molecular weight is 400 g/mol. The van der Waals surface area contributed by atoms with Crippen LogP contribution in [0.15, 0.2) is 46.9 Å². The van der Waals surface area contributed by atoms with Crippen molar-refractivity contribution in [3.8, 4) is 0 Å². The van der Waals surface area contributed by atoms with E-state index in [4.69, 9.17) is 9.15 Å². The Morgan fingerprint density at radius 1 is 1.04 bits per heavy atom. The lowest BCUT2D eigenvalue weighted by atomic mass is 9.84. The number of furan rings is 1. The van der Waals surface area contributed by atoms with Gasteiger partial charge in [0.25, 0.3) is 0 Å². The minimum atomic E-state index is -0.327. The molecule has 150 valence electrons. The van der Waals surface area contributed by atoms with Gasteiger partial charge in [0, 0.05) is 17.7 Å². The van der Waals surface area contributed by atoms with Gasteiger partial charge in [-0.3, -0.25) is 4.90 Å². The Kier molecular flexibility index (Phi) is 6.76. The van der Waals surface area contributed by atoms with E-state index in [2.05, 4.69) is 29.2 Å². The molecule has 0 spiro atoms. The fourth-order valence-electron chi connectivity index (χ4n) is 4.43. The molecule has 2 saturated heterocycles. The minimum Gasteiger partial charge on any atom is -0.459 e. The molecule has 0 N–H and O–H groups in total. The third-order valence-corrected chi connectivity index (χ3v) is 6.90. The van der Waals surface area contributed by atoms with E-state index in [-0.39, 0.29) is 5.97 Å². The number of piperidine rings is 2. The van der Waals surface area contributed by atoms with Gasteiger partial charge in [0.05, 0.1) is 12.4 Å². The number of ether oxygens (including phenoxy) is 1. The van der Waals surface area contributed by atoms with Gasteiger partial charge < -0.3 is 9.15 Å². The van der Waals surface area contributed by atoms with Crippen LogP contribution in [0.1, 0.15) is 54.0 Å². The number of benzene rings is 1. The van der Waals surface area contributed by atoms with Crippen molar-refractivity contribution in [2.45, 2.75) is 49.7 Å². The number of hydrogen-bond acceptors (Lipinski definition) is 5. The molecular weight excluding hydrogens is 370 g/mol.